The van der Waals surface area contributed by atoms with Crippen molar-refractivity contribution in [1.29, 1.82) is 0 Å². The molecule has 1 aliphatic heterocycles. The zero-order chi connectivity index (χ0) is 14.5. The molecule has 110 valence electrons. The molecule has 0 aromatic heterocycles. The Kier molecular flexibility index (Phi) is 6.28. The van der Waals surface area contributed by atoms with Crippen LogP contribution in [-0.2, 0) is 9.47 Å². The van der Waals surface area contributed by atoms with Crippen LogP contribution in [0.15, 0.2) is 0 Å². The molecule has 0 radical (unpaired) electrons. The van der Waals surface area contributed by atoms with Gasteiger partial charge in [0.15, 0.2) is 0 Å². The highest BCUT2D eigenvalue weighted by atomic mass is 16.5. The monoisotopic (exact) mass is 269 g/mol. The van der Waals surface area contributed by atoms with Gasteiger partial charge in [-0.3, -0.25) is 4.90 Å². The molecular formula is C15H27NO3. The summed E-state index contributed by atoms with van der Waals surface area (Å²) in [6.07, 6.45) is 5.78. The van der Waals surface area contributed by atoms with E-state index in [1.165, 1.54) is 0 Å². The number of β-amino-alcohol motifs (C(OH)–C–C–N with tert-alkyl or cyclic N) is 1. The molecule has 1 saturated heterocycles. The maximum Gasteiger partial charge on any atom is 0.0900 e. The van der Waals surface area contributed by atoms with E-state index in [-0.39, 0.29) is 17.8 Å². The third-order valence-electron chi connectivity index (χ3n) is 3.16. The highest BCUT2D eigenvalue weighted by molar-refractivity contribution is 4.92. The van der Waals surface area contributed by atoms with Gasteiger partial charge >= 0.3 is 0 Å². The second-order valence-electron chi connectivity index (χ2n) is 6.08. The molecular weight excluding hydrogens is 242 g/mol. The topological polar surface area (TPSA) is 41.9 Å². The zero-order valence-electron chi connectivity index (χ0n) is 12.6. The number of nitrogens with zero attached hydrogens (tertiary/aromatic N) is 1. The van der Waals surface area contributed by atoms with Gasteiger partial charge in [-0.15, -0.1) is 12.3 Å². The molecule has 0 aromatic rings. The van der Waals surface area contributed by atoms with Crippen molar-refractivity contribution >= 4 is 0 Å². The van der Waals surface area contributed by atoms with Crippen molar-refractivity contribution in [3.05, 3.63) is 0 Å². The van der Waals surface area contributed by atoms with Crippen LogP contribution in [0.2, 0.25) is 0 Å². The van der Waals surface area contributed by atoms with Crippen LogP contribution in [0.5, 0.6) is 0 Å². The second kappa shape index (κ2) is 7.25. The first kappa shape index (κ1) is 16.5. The summed E-state index contributed by atoms with van der Waals surface area (Å²) in [6.45, 7) is 10.6. The standard InChI is InChI=1S/C15H27NO3/c1-6-7-15(4,5)18-11-14(17)10-16-8-12(2)19-13(3)9-16/h1,12-14,17H,7-11H2,2-5H3. The van der Waals surface area contributed by atoms with Gasteiger partial charge in [-0.2, -0.15) is 0 Å². The van der Waals surface area contributed by atoms with E-state index in [1.807, 2.05) is 13.8 Å². The quantitative estimate of drug-likeness (QED) is 0.738. The number of aliphatic hydroxyl groups excluding tert-OH is 1. The van der Waals surface area contributed by atoms with Gasteiger partial charge in [0.1, 0.15) is 0 Å². The molecule has 1 N–H and O–H groups in total. The maximum atomic E-state index is 10.0. The lowest BCUT2D eigenvalue weighted by molar-refractivity contribution is -0.0949. The van der Waals surface area contributed by atoms with Crippen molar-refractivity contribution in [1.82, 2.24) is 4.90 Å². The molecule has 0 amide bonds. The fraction of sp³-hybridized carbons (Fsp3) is 0.867. The van der Waals surface area contributed by atoms with Gasteiger partial charge in [0.25, 0.3) is 0 Å². The summed E-state index contributed by atoms with van der Waals surface area (Å²) < 4.78 is 11.3. The Labute approximate surface area is 117 Å². The smallest absolute Gasteiger partial charge is 0.0900 e. The lowest BCUT2D eigenvalue weighted by Gasteiger charge is -2.36. The third-order valence-corrected chi connectivity index (χ3v) is 3.16. The van der Waals surface area contributed by atoms with Gasteiger partial charge in [0.05, 0.1) is 30.5 Å². The number of ether oxygens (including phenoxy) is 2. The van der Waals surface area contributed by atoms with Crippen molar-refractivity contribution in [2.75, 3.05) is 26.2 Å². The third kappa shape index (κ3) is 6.40. The molecule has 0 bridgehead atoms. The molecule has 1 fully saturated rings. The summed E-state index contributed by atoms with van der Waals surface area (Å²) in [5, 5.41) is 10.0. The van der Waals surface area contributed by atoms with Crippen molar-refractivity contribution in [3.63, 3.8) is 0 Å². The molecule has 1 rings (SSSR count). The van der Waals surface area contributed by atoms with Crippen molar-refractivity contribution in [2.45, 2.75) is 58.0 Å². The lowest BCUT2D eigenvalue weighted by atomic mass is 10.1. The van der Waals surface area contributed by atoms with Crippen LogP contribution in [0, 0.1) is 12.3 Å². The highest BCUT2D eigenvalue weighted by Crippen LogP contribution is 2.15. The zero-order valence-corrected chi connectivity index (χ0v) is 12.6. The largest absolute Gasteiger partial charge is 0.389 e. The molecule has 1 aliphatic rings. The highest BCUT2D eigenvalue weighted by Gasteiger charge is 2.25. The summed E-state index contributed by atoms with van der Waals surface area (Å²) in [5.74, 6) is 2.59. The fourth-order valence-electron chi connectivity index (χ4n) is 2.40. The molecule has 3 atom stereocenters. The number of morpholine rings is 1. The Morgan fingerprint density at radius 3 is 2.53 bits per heavy atom. The van der Waals surface area contributed by atoms with Crippen LogP contribution in [0.25, 0.3) is 0 Å². The van der Waals surface area contributed by atoms with Crippen molar-refractivity contribution < 1.29 is 14.6 Å². The van der Waals surface area contributed by atoms with E-state index in [0.717, 1.165) is 13.1 Å². The molecule has 4 heteroatoms. The molecule has 0 saturated carbocycles. The second-order valence-corrected chi connectivity index (χ2v) is 6.08. The number of terminal acetylenes is 1. The summed E-state index contributed by atoms with van der Waals surface area (Å²) in [7, 11) is 0. The van der Waals surface area contributed by atoms with Crippen LogP contribution >= 0.6 is 0 Å². The van der Waals surface area contributed by atoms with Gasteiger partial charge in [-0.25, -0.2) is 0 Å². The van der Waals surface area contributed by atoms with Crippen LogP contribution < -0.4 is 0 Å². The Morgan fingerprint density at radius 1 is 1.42 bits per heavy atom. The molecule has 4 nitrogen and oxygen atoms in total. The molecule has 0 aromatic carbocycles. The van der Waals surface area contributed by atoms with Crippen molar-refractivity contribution in [3.8, 4) is 12.3 Å². The van der Waals surface area contributed by atoms with Crippen LogP contribution in [-0.4, -0.2) is 60.2 Å². The predicted molar refractivity (Wildman–Crippen MR) is 75.9 cm³/mol. The number of aliphatic hydroxyl groups is 1. The van der Waals surface area contributed by atoms with Crippen LogP contribution in [0.4, 0.5) is 0 Å². The van der Waals surface area contributed by atoms with E-state index in [4.69, 9.17) is 15.9 Å². The van der Waals surface area contributed by atoms with Gasteiger partial charge < -0.3 is 14.6 Å². The first-order valence-electron chi connectivity index (χ1n) is 6.95. The predicted octanol–water partition coefficient (Wildman–Crippen LogP) is 1.27. The van der Waals surface area contributed by atoms with E-state index < -0.39 is 6.10 Å². The summed E-state index contributed by atoms with van der Waals surface area (Å²) >= 11 is 0. The van der Waals surface area contributed by atoms with Crippen LogP contribution in [0.3, 0.4) is 0 Å². The van der Waals surface area contributed by atoms with E-state index in [0.29, 0.717) is 19.6 Å². The van der Waals surface area contributed by atoms with E-state index in [2.05, 4.69) is 24.7 Å². The van der Waals surface area contributed by atoms with Gasteiger partial charge in [0, 0.05) is 26.1 Å². The number of hydrogen-bond donors (Lipinski definition) is 1. The van der Waals surface area contributed by atoms with Gasteiger partial charge in [0.2, 0.25) is 0 Å². The Bertz CT molecular complexity index is 301. The fourth-order valence-corrected chi connectivity index (χ4v) is 2.40. The minimum Gasteiger partial charge on any atom is -0.389 e. The lowest BCUT2D eigenvalue weighted by Crippen LogP contribution is -2.49. The Balaban J connectivity index is 2.31. The first-order valence-corrected chi connectivity index (χ1v) is 6.95. The summed E-state index contributed by atoms with van der Waals surface area (Å²) in [6, 6.07) is 0. The van der Waals surface area contributed by atoms with E-state index in [1.54, 1.807) is 0 Å². The minimum absolute atomic E-state index is 0.217. The molecule has 19 heavy (non-hydrogen) atoms. The maximum absolute atomic E-state index is 10.0. The molecule has 0 aliphatic carbocycles. The number of rotatable bonds is 6. The van der Waals surface area contributed by atoms with Gasteiger partial charge in [-0.05, 0) is 27.7 Å². The van der Waals surface area contributed by atoms with Gasteiger partial charge in [-0.1, -0.05) is 0 Å². The summed E-state index contributed by atoms with van der Waals surface area (Å²) in [4.78, 5) is 2.22. The minimum atomic E-state index is -0.491. The molecule has 1 heterocycles. The van der Waals surface area contributed by atoms with E-state index in [9.17, 15) is 5.11 Å². The first-order chi connectivity index (χ1) is 8.82. The summed E-state index contributed by atoms with van der Waals surface area (Å²) in [5.41, 5.74) is -0.374. The van der Waals surface area contributed by atoms with Crippen LogP contribution in [0.1, 0.15) is 34.1 Å². The Hall–Kier alpha value is -0.600. The SMILES string of the molecule is C#CCC(C)(C)OCC(O)CN1CC(C)OC(C)C1. The average Bonchev–Trinajstić information content (AvgIpc) is 2.25. The Morgan fingerprint density at radius 2 is 2.00 bits per heavy atom. The average molecular weight is 269 g/mol. The molecule has 3 unspecified atom stereocenters. The molecule has 0 spiro atoms. The van der Waals surface area contributed by atoms with E-state index >= 15 is 0 Å². The van der Waals surface area contributed by atoms with Crippen molar-refractivity contribution in [2.24, 2.45) is 0 Å². The normalized spacial score (nSPS) is 26.9. The number of hydrogen-bond acceptors (Lipinski definition) is 4.